The molecular formula is C13H23NO3. The van der Waals surface area contributed by atoms with E-state index in [1.807, 2.05) is 6.92 Å². The maximum atomic E-state index is 11.6. The van der Waals surface area contributed by atoms with Gasteiger partial charge in [0.15, 0.2) is 0 Å². The van der Waals surface area contributed by atoms with Gasteiger partial charge in [-0.2, -0.15) is 0 Å². The number of ether oxygens (including phenoxy) is 2. The minimum atomic E-state index is -0.189. The van der Waals surface area contributed by atoms with E-state index in [0.717, 1.165) is 19.4 Å². The third-order valence-corrected chi connectivity index (χ3v) is 4.38. The predicted molar refractivity (Wildman–Crippen MR) is 64.6 cm³/mol. The standard InChI is InChI=1S/C13H23NO3/c1-5-9(12(15)16-4)14-10-8-6-7-17-11(8)13(10,2)3/h8-11,14H,5-7H2,1-4H3/t8-,9+,10-,11-/m1/s1. The zero-order valence-electron chi connectivity index (χ0n) is 11.2. The van der Waals surface area contributed by atoms with E-state index in [2.05, 4.69) is 19.2 Å². The average molecular weight is 241 g/mol. The van der Waals surface area contributed by atoms with E-state index in [4.69, 9.17) is 9.47 Å². The number of esters is 1. The Hall–Kier alpha value is -0.610. The first kappa shape index (κ1) is 12.8. The van der Waals surface area contributed by atoms with Gasteiger partial charge < -0.3 is 14.8 Å². The molecule has 98 valence electrons. The van der Waals surface area contributed by atoms with Crippen molar-refractivity contribution in [3.05, 3.63) is 0 Å². The molecule has 0 aromatic rings. The van der Waals surface area contributed by atoms with Crippen LogP contribution in [0.2, 0.25) is 0 Å². The highest BCUT2D eigenvalue weighted by molar-refractivity contribution is 5.75. The number of methoxy groups -OCH3 is 1. The van der Waals surface area contributed by atoms with Crippen molar-refractivity contribution < 1.29 is 14.3 Å². The van der Waals surface area contributed by atoms with Crippen LogP contribution in [0.25, 0.3) is 0 Å². The molecule has 1 aliphatic carbocycles. The van der Waals surface area contributed by atoms with Crippen LogP contribution in [-0.4, -0.2) is 37.9 Å². The van der Waals surface area contributed by atoms with E-state index in [1.54, 1.807) is 0 Å². The minimum Gasteiger partial charge on any atom is -0.468 e. The van der Waals surface area contributed by atoms with Gasteiger partial charge in [-0.3, -0.25) is 4.79 Å². The second-order valence-electron chi connectivity index (χ2n) is 5.69. The Morgan fingerprint density at radius 3 is 2.88 bits per heavy atom. The Kier molecular flexibility index (Phi) is 3.46. The fourth-order valence-corrected chi connectivity index (χ4v) is 3.37. The molecule has 0 unspecified atom stereocenters. The summed E-state index contributed by atoms with van der Waals surface area (Å²) in [7, 11) is 1.44. The van der Waals surface area contributed by atoms with Gasteiger partial charge in [0.05, 0.1) is 13.2 Å². The topological polar surface area (TPSA) is 47.6 Å². The van der Waals surface area contributed by atoms with Crippen molar-refractivity contribution in [1.82, 2.24) is 5.32 Å². The summed E-state index contributed by atoms with van der Waals surface area (Å²) in [6.07, 6.45) is 2.22. The molecule has 0 bridgehead atoms. The second-order valence-corrected chi connectivity index (χ2v) is 5.69. The second kappa shape index (κ2) is 4.58. The van der Waals surface area contributed by atoms with Crippen LogP contribution in [-0.2, 0) is 14.3 Å². The van der Waals surface area contributed by atoms with Crippen LogP contribution >= 0.6 is 0 Å². The lowest BCUT2D eigenvalue weighted by atomic mass is 9.57. The third kappa shape index (κ3) is 1.97. The lowest BCUT2D eigenvalue weighted by molar-refractivity contribution is -0.148. The van der Waals surface area contributed by atoms with Crippen LogP contribution < -0.4 is 5.32 Å². The van der Waals surface area contributed by atoms with E-state index in [9.17, 15) is 4.79 Å². The van der Waals surface area contributed by atoms with Crippen molar-refractivity contribution in [2.75, 3.05) is 13.7 Å². The molecule has 0 aromatic carbocycles. The molecule has 2 rings (SSSR count). The largest absolute Gasteiger partial charge is 0.468 e. The van der Waals surface area contributed by atoms with Crippen LogP contribution in [0.4, 0.5) is 0 Å². The lowest BCUT2D eigenvalue weighted by Gasteiger charge is -2.55. The first-order chi connectivity index (χ1) is 8.02. The first-order valence-electron chi connectivity index (χ1n) is 6.47. The van der Waals surface area contributed by atoms with Crippen LogP contribution in [0.5, 0.6) is 0 Å². The van der Waals surface area contributed by atoms with Crippen LogP contribution in [0.3, 0.4) is 0 Å². The number of fused-ring (bicyclic) bond motifs is 1. The molecule has 1 saturated heterocycles. The zero-order chi connectivity index (χ0) is 12.6. The van der Waals surface area contributed by atoms with Crippen LogP contribution in [0.15, 0.2) is 0 Å². The van der Waals surface area contributed by atoms with Gasteiger partial charge in [0.2, 0.25) is 0 Å². The zero-order valence-corrected chi connectivity index (χ0v) is 11.2. The molecule has 2 fully saturated rings. The normalized spacial score (nSPS) is 35.9. The molecule has 17 heavy (non-hydrogen) atoms. The fraction of sp³-hybridized carbons (Fsp3) is 0.923. The molecule has 1 N–H and O–H groups in total. The van der Waals surface area contributed by atoms with Gasteiger partial charge >= 0.3 is 5.97 Å². The molecule has 4 atom stereocenters. The molecule has 0 spiro atoms. The molecule has 4 heteroatoms. The Bertz CT molecular complexity index is 303. The van der Waals surface area contributed by atoms with Crippen molar-refractivity contribution in [3.63, 3.8) is 0 Å². The number of hydrogen-bond donors (Lipinski definition) is 1. The van der Waals surface area contributed by atoms with Gasteiger partial charge in [-0.1, -0.05) is 20.8 Å². The molecule has 1 heterocycles. The molecule has 4 nitrogen and oxygen atoms in total. The molecule has 0 amide bonds. The summed E-state index contributed by atoms with van der Waals surface area (Å²) in [6.45, 7) is 7.27. The van der Waals surface area contributed by atoms with E-state index >= 15 is 0 Å². The van der Waals surface area contributed by atoms with Gasteiger partial charge in [-0.15, -0.1) is 0 Å². The van der Waals surface area contributed by atoms with Crippen molar-refractivity contribution in [3.8, 4) is 0 Å². The predicted octanol–water partition coefficient (Wildman–Crippen LogP) is 1.34. The maximum absolute atomic E-state index is 11.6. The molecule has 1 saturated carbocycles. The summed E-state index contributed by atoms with van der Waals surface area (Å²) in [5.74, 6) is 0.398. The van der Waals surface area contributed by atoms with Gasteiger partial charge in [0.25, 0.3) is 0 Å². The van der Waals surface area contributed by atoms with Crippen molar-refractivity contribution in [2.45, 2.75) is 51.8 Å². The summed E-state index contributed by atoms with van der Waals surface area (Å²) in [5.41, 5.74) is 0.114. The quantitative estimate of drug-likeness (QED) is 0.755. The number of rotatable bonds is 4. The van der Waals surface area contributed by atoms with Crippen LogP contribution in [0.1, 0.15) is 33.6 Å². The summed E-state index contributed by atoms with van der Waals surface area (Å²) >= 11 is 0. The molecule has 0 radical (unpaired) electrons. The van der Waals surface area contributed by atoms with Crippen molar-refractivity contribution in [2.24, 2.45) is 11.3 Å². The monoisotopic (exact) mass is 241 g/mol. The fourth-order valence-electron chi connectivity index (χ4n) is 3.37. The smallest absolute Gasteiger partial charge is 0.322 e. The third-order valence-electron chi connectivity index (χ3n) is 4.38. The highest BCUT2D eigenvalue weighted by atomic mass is 16.5. The summed E-state index contributed by atoms with van der Waals surface area (Å²) in [5, 5.41) is 3.46. The van der Waals surface area contributed by atoms with Gasteiger partial charge in [0.1, 0.15) is 6.04 Å². The Morgan fingerprint density at radius 2 is 2.29 bits per heavy atom. The number of carbonyl (C=O) groups is 1. The Labute approximate surface area is 103 Å². The Morgan fingerprint density at radius 1 is 1.59 bits per heavy atom. The Balaban J connectivity index is 2.01. The minimum absolute atomic E-state index is 0.114. The molecule has 1 aliphatic heterocycles. The lowest BCUT2D eigenvalue weighted by Crippen LogP contribution is -2.68. The number of nitrogens with one attached hydrogen (secondary N) is 1. The molecule has 2 aliphatic rings. The summed E-state index contributed by atoms with van der Waals surface area (Å²) in [4.78, 5) is 11.6. The molecular weight excluding hydrogens is 218 g/mol. The number of carbonyl (C=O) groups excluding carboxylic acids is 1. The van der Waals surface area contributed by atoms with E-state index < -0.39 is 0 Å². The highest BCUT2D eigenvalue weighted by Gasteiger charge is 2.59. The SMILES string of the molecule is CC[C@H](N[C@@H]1[C@H]2CCO[C@H]2C1(C)C)C(=O)OC. The van der Waals surface area contributed by atoms with Crippen LogP contribution in [0, 0.1) is 11.3 Å². The summed E-state index contributed by atoms with van der Waals surface area (Å²) < 4.78 is 10.6. The highest BCUT2D eigenvalue weighted by Crippen LogP contribution is 2.52. The van der Waals surface area contributed by atoms with Gasteiger partial charge in [-0.05, 0) is 12.8 Å². The first-order valence-corrected chi connectivity index (χ1v) is 6.47. The number of hydrogen-bond acceptors (Lipinski definition) is 4. The van der Waals surface area contributed by atoms with Crippen molar-refractivity contribution >= 4 is 5.97 Å². The summed E-state index contributed by atoms with van der Waals surface area (Å²) in [6, 6.07) is 0.171. The van der Waals surface area contributed by atoms with E-state index in [0.29, 0.717) is 18.1 Å². The van der Waals surface area contributed by atoms with E-state index in [-0.39, 0.29) is 17.4 Å². The van der Waals surface area contributed by atoms with Gasteiger partial charge in [-0.25, -0.2) is 0 Å². The average Bonchev–Trinajstić information content (AvgIpc) is 2.76. The van der Waals surface area contributed by atoms with E-state index in [1.165, 1.54) is 7.11 Å². The van der Waals surface area contributed by atoms with Gasteiger partial charge in [0, 0.05) is 24.0 Å². The maximum Gasteiger partial charge on any atom is 0.322 e. The van der Waals surface area contributed by atoms with Crippen molar-refractivity contribution in [1.29, 1.82) is 0 Å². The molecule has 0 aromatic heterocycles.